The Bertz CT molecular complexity index is 693. The van der Waals surface area contributed by atoms with Gasteiger partial charge in [0.2, 0.25) is 0 Å². The van der Waals surface area contributed by atoms with Crippen LogP contribution >= 0.6 is 0 Å². The van der Waals surface area contributed by atoms with Crippen molar-refractivity contribution in [3.63, 3.8) is 0 Å². The van der Waals surface area contributed by atoms with Gasteiger partial charge in [-0.2, -0.15) is 10.2 Å². The molecule has 1 aromatic heterocycles. The van der Waals surface area contributed by atoms with E-state index in [2.05, 4.69) is 15.5 Å². The van der Waals surface area contributed by atoms with E-state index < -0.39 is 34.6 Å². The van der Waals surface area contributed by atoms with Gasteiger partial charge in [0.1, 0.15) is 0 Å². The third-order valence-corrected chi connectivity index (χ3v) is 2.59. The molecule has 0 unspecified atom stereocenters. The number of nitrogens with zero attached hydrogens (tertiary/aromatic N) is 2. The summed E-state index contributed by atoms with van der Waals surface area (Å²) in [5, 5.41) is 18.6. The van der Waals surface area contributed by atoms with Crippen LogP contribution in [0.15, 0.2) is 30.5 Å². The molecule has 1 aromatic carbocycles. The Morgan fingerprint density at radius 3 is 2.43 bits per heavy atom. The second kappa shape index (κ2) is 6.04. The number of aromatic carboxylic acids is 1. The number of carboxylic acid groups (broad SMARTS) is 1. The smallest absolute Gasteiger partial charge is 0.336 e. The molecular weight excluding hydrogens is 284 g/mol. The van der Waals surface area contributed by atoms with E-state index in [4.69, 9.17) is 5.11 Å². The topological polar surface area (TPSA) is 92.2 Å². The Hall–Kier alpha value is -2.90. The molecule has 0 aliphatic rings. The van der Waals surface area contributed by atoms with Gasteiger partial charge in [0, 0.05) is 6.20 Å². The Labute approximate surface area is 117 Å². The van der Waals surface area contributed by atoms with Gasteiger partial charge in [0.05, 0.1) is 23.4 Å². The molecule has 0 fully saturated rings. The largest absolute Gasteiger partial charge is 0.478 e. The second-order valence-corrected chi connectivity index (χ2v) is 4.01. The molecule has 0 aliphatic carbocycles. The minimum absolute atomic E-state index is 0.0231. The lowest BCUT2D eigenvalue weighted by Crippen LogP contribution is -2.26. The molecule has 1 amide bonds. The summed E-state index contributed by atoms with van der Waals surface area (Å²) in [7, 11) is 0. The van der Waals surface area contributed by atoms with Gasteiger partial charge < -0.3 is 10.4 Å². The highest BCUT2D eigenvalue weighted by molar-refractivity contribution is 6.04. The zero-order valence-electron chi connectivity index (χ0n) is 10.5. The average Bonchev–Trinajstić information content (AvgIpc) is 2.48. The van der Waals surface area contributed by atoms with E-state index in [0.717, 1.165) is 0 Å². The molecule has 0 spiro atoms. The summed E-state index contributed by atoms with van der Waals surface area (Å²) in [6.07, 6.45) is 1.45. The predicted molar refractivity (Wildman–Crippen MR) is 66.5 cm³/mol. The van der Waals surface area contributed by atoms with E-state index in [-0.39, 0.29) is 6.54 Å². The third kappa shape index (κ3) is 3.35. The zero-order chi connectivity index (χ0) is 15.4. The highest BCUT2D eigenvalue weighted by Crippen LogP contribution is 2.15. The monoisotopic (exact) mass is 293 g/mol. The summed E-state index contributed by atoms with van der Waals surface area (Å²) in [5.74, 6) is -5.02. The molecule has 0 saturated heterocycles. The highest BCUT2D eigenvalue weighted by Gasteiger charge is 2.20. The number of carbonyl (C=O) groups excluding carboxylic acids is 1. The van der Waals surface area contributed by atoms with E-state index in [1.165, 1.54) is 6.20 Å². The molecule has 6 nitrogen and oxygen atoms in total. The first-order chi connectivity index (χ1) is 9.99. The average molecular weight is 293 g/mol. The van der Waals surface area contributed by atoms with Crippen molar-refractivity contribution in [1.29, 1.82) is 0 Å². The van der Waals surface area contributed by atoms with Crippen LogP contribution in [-0.2, 0) is 6.54 Å². The molecule has 0 radical (unpaired) electrons. The summed E-state index contributed by atoms with van der Waals surface area (Å²) in [5.41, 5.74) is -0.652. The van der Waals surface area contributed by atoms with Gasteiger partial charge >= 0.3 is 5.97 Å². The normalized spacial score (nSPS) is 10.2. The van der Waals surface area contributed by atoms with Crippen molar-refractivity contribution in [2.24, 2.45) is 0 Å². The first-order valence-electron chi connectivity index (χ1n) is 5.76. The van der Waals surface area contributed by atoms with Gasteiger partial charge in [-0.3, -0.25) is 4.79 Å². The number of rotatable bonds is 4. The van der Waals surface area contributed by atoms with Gasteiger partial charge in [0.25, 0.3) is 5.91 Å². The fraction of sp³-hybridized carbons (Fsp3) is 0.0769. The molecule has 0 saturated carbocycles. The Morgan fingerprint density at radius 1 is 1.19 bits per heavy atom. The number of nitrogens with one attached hydrogen (secondary N) is 1. The summed E-state index contributed by atoms with van der Waals surface area (Å²) < 4.78 is 26.2. The number of hydrogen-bond donors (Lipinski definition) is 2. The Balaban J connectivity index is 2.22. The molecule has 0 aliphatic heterocycles. The molecule has 8 heteroatoms. The van der Waals surface area contributed by atoms with Gasteiger partial charge in [0.15, 0.2) is 11.6 Å². The molecule has 2 aromatic rings. The van der Waals surface area contributed by atoms with Crippen molar-refractivity contribution in [2.75, 3.05) is 0 Å². The standard InChI is InChI=1S/C13H9F2N3O3/c14-10-4-8(9(13(20)21)5-11(10)15)12(19)16-6-7-2-1-3-17-18-7/h1-5H,6H2,(H,16,19)(H,20,21). The molecule has 2 N–H and O–H groups in total. The van der Waals surface area contributed by atoms with E-state index in [0.29, 0.717) is 17.8 Å². The second-order valence-electron chi connectivity index (χ2n) is 4.01. The summed E-state index contributed by atoms with van der Waals surface area (Å²) in [6, 6.07) is 4.21. The SMILES string of the molecule is O=C(O)c1cc(F)c(F)cc1C(=O)NCc1cccnn1. The van der Waals surface area contributed by atoms with Crippen LogP contribution in [0.25, 0.3) is 0 Å². The minimum Gasteiger partial charge on any atom is -0.478 e. The van der Waals surface area contributed by atoms with Crippen molar-refractivity contribution >= 4 is 11.9 Å². The van der Waals surface area contributed by atoms with Crippen LogP contribution in [0.2, 0.25) is 0 Å². The van der Waals surface area contributed by atoms with Crippen molar-refractivity contribution in [3.8, 4) is 0 Å². The molecule has 2 rings (SSSR count). The van der Waals surface area contributed by atoms with Crippen LogP contribution in [0.3, 0.4) is 0 Å². The highest BCUT2D eigenvalue weighted by atomic mass is 19.2. The van der Waals surface area contributed by atoms with Crippen molar-refractivity contribution in [1.82, 2.24) is 15.5 Å². The fourth-order valence-corrected chi connectivity index (χ4v) is 1.61. The van der Waals surface area contributed by atoms with Crippen LogP contribution in [0.4, 0.5) is 8.78 Å². The van der Waals surface area contributed by atoms with Crippen LogP contribution in [0, 0.1) is 11.6 Å². The quantitative estimate of drug-likeness (QED) is 0.888. The van der Waals surface area contributed by atoms with Crippen molar-refractivity contribution in [3.05, 3.63) is 58.9 Å². The summed E-state index contributed by atoms with van der Waals surface area (Å²) in [6.45, 7) is -0.0231. The maximum atomic E-state index is 13.2. The van der Waals surface area contributed by atoms with Crippen molar-refractivity contribution in [2.45, 2.75) is 6.54 Å². The fourth-order valence-electron chi connectivity index (χ4n) is 1.61. The van der Waals surface area contributed by atoms with Crippen molar-refractivity contribution < 1.29 is 23.5 Å². The van der Waals surface area contributed by atoms with Gasteiger partial charge in [-0.25, -0.2) is 13.6 Å². The summed E-state index contributed by atoms with van der Waals surface area (Å²) in [4.78, 5) is 22.9. The number of benzene rings is 1. The van der Waals surface area contributed by atoms with E-state index in [1.54, 1.807) is 12.1 Å². The van der Waals surface area contributed by atoms with Crippen LogP contribution in [0.5, 0.6) is 0 Å². The van der Waals surface area contributed by atoms with E-state index in [1.807, 2.05) is 0 Å². The number of carbonyl (C=O) groups is 2. The number of carboxylic acids is 1. The molecule has 108 valence electrons. The molecule has 1 heterocycles. The number of halogens is 2. The lowest BCUT2D eigenvalue weighted by atomic mass is 10.1. The number of amides is 1. The first kappa shape index (κ1) is 14.5. The lowest BCUT2D eigenvalue weighted by molar-refractivity contribution is 0.0690. The van der Waals surface area contributed by atoms with Crippen LogP contribution in [0.1, 0.15) is 26.4 Å². The van der Waals surface area contributed by atoms with Gasteiger partial charge in [-0.15, -0.1) is 0 Å². The predicted octanol–water partition coefficient (Wildman–Crippen LogP) is 1.38. The van der Waals surface area contributed by atoms with E-state index >= 15 is 0 Å². The maximum absolute atomic E-state index is 13.2. The molecule has 0 bridgehead atoms. The van der Waals surface area contributed by atoms with Crippen LogP contribution in [-0.4, -0.2) is 27.2 Å². The zero-order valence-corrected chi connectivity index (χ0v) is 10.5. The third-order valence-electron chi connectivity index (χ3n) is 2.59. The maximum Gasteiger partial charge on any atom is 0.336 e. The van der Waals surface area contributed by atoms with Gasteiger partial charge in [-0.05, 0) is 24.3 Å². The van der Waals surface area contributed by atoms with Crippen LogP contribution < -0.4 is 5.32 Å². The molecule has 21 heavy (non-hydrogen) atoms. The minimum atomic E-state index is -1.53. The lowest BCUT2D eigenvalue weighted by Gasteiger charge is -2.08. The Morgan fingerprint density at radius 2 is 1.86 bits per heavy atom. The number of hydrogen-bond acceptors (Lipinski definition) is 4. The molecular formula is C13H9F2N3O3. The first-order valence-corrected chi connectivity index (χ1v) is 5.76. The van der Waals surface area contributed by atoms with Gasteiger partial charge in [-0.1, -0.05) is 0 Å². The summed E-state index contributed by atoms with van der Waals surface area (Å²) >= 11 is 0. The number of aromatic nitrogens is 2. The van der Waals surface area contributed by atoms with E-state index in [9.17, 15) is 18.4 Å². The Kier molecular flexibility index (Phi) is 4.17. The molecule has 0 atom stereocenters.